The topological polar surface area (TPSA) is 58.6 Å². The predicted molar refractivity (Wildman–Crippen MR) is 126 cm³/mol. The van der Waals surface area contributed by atoms with Gasteiger partial charge in [0.25, 0.3) is 0 Å². The first-order chi connectivity index (χ1) is 15.2. The van der Waals surface area contributed by atoms with E-state index in [1.165, 1.54) is 28.7 Å². The van der Waals surface area contributed by atoms with Crippen LogP contribution in [-0.4, -0.2) is 59.9 Å². The minimum absolute atomic E-state index is 0.000913. The highest BCUT2D eigenvalue weighted by Crippen LogP contribution is 2.41. The molecular weight excluding hydrogens is 432 g/mol. The molecule has 0 unspecified atom stereocenters. The Morgan fingerprint density at radius 2 is 1.84 bits per heavy atom. The van der Waals surface area contributed by atoms with Gasteiger partial charge in [0.05, 0.1) is 12.5 Å². The Bertz CT molecular complexity index is 1110. The van der Waals surface area contributed by atoms with Crippen molar-refractivity contribution < 1.29 is 9.53 Å². The van der Waals surface area contributed by atoms with Crippen LogP contribution in [0.1, 0.15) is 23.3 Å². The Labute approximate surface area is 190 Å². The largest absolute Gasteiger partial charge is 0.497 e. The van der Waals surface area contributed by atoms with E-state index in [1.54, 1.807) is 7.11 Å². The van der Waals surface area contributed by atoms with Gasteiger partial charge < -0.3 is 14.5 Å². The molecule has 8 heteroatoms. The fraction of sp³-hybridized carbons (Fsp3) is 0.435. The fourth-order valence-corrected chi connectivity index (χ4v) is 5.91. The molecule has 2 aliphatic rings. The highest BCUT2D eigenvalue weighted by molar-refractivity contribution is 7.19. The number of carbonyl (C=O) groups excluding carboxylic acids is 1. The summed E-state index contributed by atoms with van der Waals surface area (Å²) in [5, 5.41) is 1.22. The summed E-state index contributed by atoms with van der Waals surface area (Å²) in [4.78, 5) is 28.7. The van der Waals surface area contributed by atoms with Crippen molar-refractivity contribution in [1.29, 1.82) is 0 Å². The maximum atomic E-state index is 12.0. The van der Waals surface area contributed by atoms with Crippen LogP contribution < -0.4 is 9.64 Å². The van der Waals surface area contributed by atoms with Crippen molar-refractivity contribution in [2.45, 2.75) is 25.7 Å². The lowest BCUT2D eigenvalue weighted by molar-refractivity contribution is -0.128. The number of methoxy groups -OCH3 is 1. The van der Waals surface area contributed by atoms with E-state index in [0.29, 0.717) is 13.1 Å². The molecule has 1 aliphatic heterocycles. The van der Waals surface area contributed by atoms with Crippen LogP contribution in [0, 0.1) is 0 Å². The van der Waals surface area contributed by atoms with E-state index in [9.17, 15) is 4.79 Å². The molecule has 1 saturated heterocycles. The lowest BCUT2D eigenvalue weighted by atomic mass is 9.96. The van der Waals surface area contributed by atoms with E-state index < -0.39 is 0 Å². The second-order valence-electron chi connectivity index (χ2n) is 7.99. The van der Waals surface area contributed by atoms with Gasteiger partial charge in [-0.15, -0.1) is 22.9 Å². The van der Waals surface area contributed by atoms with Gasteiger partial charge in [-0.25, -0.2) is 9.97 Å². The summed E-state index contributed by atoms with van der Waals surface area (Å²) in [7, 11) is 1.67. The number of halogens is 1. The zero-order valence-electron chi connectivity index (χ0n) is 17.6. The summed E-state index contributed by atoms with van der Waals surface area (Å²) in [6.07, 6.45) is 4.69. The van der Waals surface area contributed by atoms with Crippen LogP contribution in [0.25, 0.3) is 21.6 Å². The molecule has 1 amide bonds. The highest BCUT2D eigenvalue weighted by atomic mass is 35.5. The number of hydrogen-bond donors (Lipinski definition) is 0. The summed E-state index contributed by atoms with van der Waals surface area (Å²) in [6.45, 7) is 2.84. The molecule has 1 aromatic carbocycles. The third-order valence-corrected chi connectivity index (χ3v) is 7.60. The molecule has 31 heavy (non-hydrogen) atoms. The molecule has 0 N–H and O–H groups in total. The molecule has 0 atom stereocenters. The van der Waals surface area contributed by atoms with Crippen molar-refractivity contribution in [3.05, 3.63) is 34.7 Å². The molecule has 1 aliphatic carbocycles. The molecule has 1 fully saturated rings. The van der Waals surface area contributed by atoms with Crippen LogP contribution in [0.4, 0.5) is 5.82 Å². The molecule has 0 spiro atoms. The summed E-state index contributed by atoms with van der Waals surface area (Å²) >= 11 is 7.58. The smallest absolute Gasteiger partial charge is 0.237 e. The number of hydrogen-bond acceptors (Lipinski definition) is 6. The van der Waals surface area contributed by atoms with Gasteiger partial charge in [0.1, 0.15) is 22.3 Å². The number of fused-ring (bicyclic) bond motifs is 3. The molecule has 5 rings (SSSR count). The van der Waals surface area contributed by atoms with Crippen molar-refractivity contribution in [3.8, 4) is 17.1 Å². The normalized spacial score (nSPS) is 16.5. The number of amides is 1. The molecule has 0 radical (unpaired) electrons. The van der Waals surface area contributed by atoms with Gasteiger partial charge in [-0.3, -0.25) is 4.79 Å². The number of anilines is 1. The number of rotatable bonds is 4. The lowest BCUT2D eigenvalue weighted by Crippen LogP contribution is -2.49. The molecule has 3 heterocycles. The number of carbonyl (C=O) groups is 1. The summed E-state index contributed by atoms with van der Waals surface area (Å²) in [5.41, 5.74) is 2.41. The van der Waals surface area contributed by atoms with Crippen LogP contribution in [0.3, 0.4) is 0 Å². The number of piperazine rings is 1. The van der Waals surface area contributed by atoms with E-state index >= 15 is 0 Å². The predicted octanol–water partition coefficient (Wildman–Crippen LogP) is 4.13. The quantitative estimate of drug-likeness (QED) is 0.552. The zero-order chi connectivity index (χ0) is 21.4. The molecule has 6 nitrogen and oxygen atoms in total. The van der Waals surface area contributed by atoms with Crippen LogP contribution in [0.5, 0.6) is 5.75 Å². The first-order valence-corrected chi connectivity index (χ1v) is 12.1. The number of benzene rings is 1. The lowest BCUT2D eigenvalue weighted by Gasteiger charge is -2.35. The van der Waals surface area contributed by atoms with Crippen LogP contribution >= 0.6 is 22.9 Å². The second-order valence-corrected chi connectivity index (χ2v) is 9.34. The van der Waals surface area contributed by atoms with Crippen molar-refractivity contribution in [1.82, 2.24) is 14.9 Å². The Balaban J connectivity index is 1.57. The molecule has 2 aromatic heterocycles. The van der Waals surface area contributed by atoms with Gasteiger partial charge >= 0.3 is 0 Å². The third kappa shape index (κ3) is 3.85. The van der Waals surface area contributed by atoms with Crippen LogP contribution in [-0.2, 0) is 17.6 Å². The van der Waals surface area contributed by atoms with Gasteiger partial charge in [0.15, 0.2) is 5.82 Å². The van der Waals surface area contributed by atoms with Crippen molar-refractivity contribution in [2.75, 3.05) is 44.1 Å². The van der Waals surface area contributed by atoms with Crippen LogP contribution in [0.15, 0.2) is 24.3 Å². The average molecular weight is 457 g/mol. The number of aromatic nitrogens is 2. The number of alkyl halides is 1. The first kappa shape index (κ1) is 20.5. The summed E-state index contributed by atoms with van der Waals surface area (Å²) < 4.78 is 5.30. The Morgan fingerprint density at radius 1 is 1.10 bits per heavy atom. The zero-order valence-corrected chi connectivity index (χ0v) is 19.1. The first-order valence-electron chi connectivity index (χ1n) is 10.7. The van der Waals surface area contributed by atoms with Gasteiger partial charge in [-0.05, 0) is 55.5 Å². The average Bonchev–Trinajstić information content (AvgIpc) is 3.21. The SMILES string of the molecule is COc1ccc(-c2nc(N3CCN(C(=O)CCl)CC3)c3c4c(sc3n2)CCCC4)cc1. The molecule has 162 valence electrons. The molecular formula is C23H25ClN4O2S. The van der Waals surface area contributed by atoms with Crippen molar-refractivity contribution in [3.63, 3.8) is 0 Å². The van der Waals surface area contributed by atoms with Gasteiger partial charge in [-0.2, -0.15) is 0 Å². The molecule has 0 saturated carbocycles. The van der Waals surface area contributed by atoms with Gasteiger partial charge in [0.2, 0.25) is 5.91 Å². The van der Waals surface area contributed by atoms with Crippen molar-refractivity contribution >= 4 is 44.9 Å². The monoisotopic (exact) mass is 456 g/mol. The van der Waals surface area contributed by atoms with Crippen LogP contribution in [0.2, 0.25) is 0 Å². The number of nitrogens with zero attached hydrogens (tertiary/aromatic N) is 4. The van der Waals surface area contributed by atoms with E-state index in [2.05, 4.69) is 4.90 Å². The Hall–Kier alpha value is -2.38. The number of ether oxygens (including phenoxy) is 1. The minimum atomic E-state index is 0.000913. The highest BCUT2D eigenvalue weighted by Gasteiger charge is 2.27. The Morgan fingerprint density at radius 3 is 2.55 bits per heavy atom. The maximum absolute atomic E-state index is 12.0. The minimum Gasteiger partial charge on any atom is -0.497 e. The molecule has 3 aromatic rings. The summed E-state index contributed by atoms with van der Waals surface area (Å²) in [5.74, 6) is 2.60. The summed E-state index contributed by atoms with van der Waals surface area (Å²) in [6, 6.07) is 7.90. The third-order valence-electron chi connectivity index (χ3n) is 6.19. The number of thiophene rings is 1. The van der Waals surface area contributed by atoms with E-state index in [-0.39, 0.29) is 11.8 Å². The van der Waals surface area contributed by atoms with E-state index in [4.69, 9.17) is 26.3 Å². The Kier molecular flexibility index (Phi) is 5.71. The van der Waals surface area contributed by atoms with E-state index in [1.807, 2.05) is 40.5 Å². The van der Waals surface area contributed by atoms with Gasteiger partial charge in [0, 0.05) is 36.6 Å². The molecule has 0 bridgehead atoms. The van der Waals surface area contributed by atoms with E-state index in [0.717, 1.165) is 53.7 Å². The van der Waals surface area contributed by atoms with Gasteiger partial charge in [-0.1, -0.05) is 0 Å². The number of aryl methyl sites for hydroxylation is 2. The standard InChI is InChI=1S/C23H25ClN4O2S/c1-30-16-8-6-15(7-9-16)21-25-22(28-12-10-27(11-13-28)19(29)14-24)20-17-4-2-3-5-18(17)31-23(20)26-21/h6-9H,2-5,10-14H2,1H3. The maximum Gasteiger partial charge on any atom is 0.237 e. The fourth-order valence-electron chi connectivity index (χ4n) is 4.49. The second kappa shape index (κ2) is 8.63. The van der Waals surface area contributed by atoms with Crippen molar-refractivity contribution in [2.24, 2.45) is 0 Å².